The number of pyridine rings is 1. The van der Waals surface area contributed by atoms with Crippen LogP contribution in [0.5, 0.6) is 5.75 Å². The van der Waals surface area contributed by atoms with Gasteiger partial charge in [0.05, 0.1) is 11.9 Å². The molecule has 2 heterocycles. The van der Waals surface area contributed by atoms with Crippen LogP contribution in [0.4, 0.5) is 0 Å². The Kier molecular flexibility index (Phi) is 5.55. The predicted octanol–water partition coefficient (Wildman–Crippen LogP) is 5.04. The Morgan fingerprint density at radius 1 is 1.15 bits per heavy atom. The molecule has 1 saturated carbocycles. The van der Waals surface area contributed by atoms with Crippen LogP contribution in [0.3, 0.4) is 0 Å². The van der Waals surface area contributed by atoms with E-state index >= 15 is 0 Å². The molecule has 0 spiro atoms. The number of aromatic nitrogens is 4. The van der Waals surface area contributed by atoms with E-state index in [1.165, 1.54) is 25.7 Å². The Hall–Kier alpha value is -1.86. The third-order valence-corrected chi connectivity index (χ3v) is 6.12. The number of hydrogen-bond donors (Lipinski definition) is 0. The second-order valence-electron chi connectivity index (χ2n) is 6.22. The van der Waals surface area contributed by atoms with Crippen LogP contribution >= 0.6 is 27.7 Å². The summed E-state index contributed by atoms with van der Waals surface area (Å²) in [7, 11) is 0. The SMILES string of the molecule is Brc1cccc(OCc2nnc(SC3CCCC3)n2-c2cccnc2)c1. The Balaban J connectivity index is 1.60. The van der Waals surface area contributed by atoms with Gasteiger partial charge in [-0.15, -0.1) is 10.2 Å². The average Bonchev–Trinajstić information content (AvgIpc) is 3.31. The lowest BCUT2D eigenvalue weighted by atomic mass is 10.3. The highest BCUT2D eigenvalue weighted by molar-refractivity contribution is 9.10. The van der Waals surface area contributed by atoms with Gasteiger partial charge in [-0.2, -0.15) is 0 Å². The molecule has 5 nitrogen and oxygen atoms in total. The summed E-state index contributed by atoms with van der Waals surface area (Å²) in [4.78, 5) is 4.25. The third kappa shape index (κ3) is 4.10. The lowest BCUT2D eigenvalue weighted by Gasteiger charge is -2.13. The number of hydrogen-bond acceptors (Lipinski definition) is 5. The molecule has 1 fully saturated rings. The minimum atomic E-state index is 0.351. The van der Waals surface area contributed by atoms with E-state index < -0.39 is 0 Å². The molecule has 0 N–H and O–H groups in total. The monoisotopic (exact) mass is 430 g/mol. The summed E-state index contributed by atoms with van der Waals surface area (Å²) < 4.78 is 8.99. The van der Waals surface area contributed by atoms with Crippen LogP contribution in [-0.2, 0) is 6.61 Å². The quantitative estimate of drug-likeness (QED) is 0.548. The molecule has 0 amide bonds. The van der Waals surface area contributed by atoms with Gasteiger partial charge in [-0.25, -0.2) is 0 Å². The zero-order chi connectivity index (χ0) is 17.8. The summed E-state index contributed by atoms with van der Waals surface area (Å²) in [6.07, 6.45) is 8.71. The van der Waals surface area contributed by atoms with Crippen molar-refractivity contribution < 1.29 is 4.74 Å². The van der Waals surface area contributed by atoms with Crippen LogP contribution in [0, 0.1) is 0 Å². The fourth-order valence-corrected chi connectivity index (χ4v) is 4.73. The first-order valence-electron chi connectivity index (χ1n) is 8.69. The zero-order valence-electron chi connectivity index (χ0n) is 14.2. The third-order valence-electron chi connectivity index (χ3n) is 4.34. The zero-order valence-corrected chi connectivity index (χ0v) is 16.6. The van der Waals surface area contributed by atoms with Crippen molar-refractivity contribution in [1.82, 2.24) is 19.7 Å². The molecule has 1 aromatic carbocycles. The molecule has 2 aromatic heterocycles. The largest absolute Gasteiger partial charge is 0.486 e. The second-order valence-corrected chi connectivity index (χ2v) is 8.40. The lowest BCUT2D eigenvalue weighted by molar-refractivity contribution is 0.292. The van der Waals surface area contributed by atoms with Gasteiger partial charge in [0, 0.05) is 15.9 Å². The molecule has 26 heavy (non-hydrogen) atoms. The summed E-state index contributed by atoms with van der Waals surface area (Å²) in [5.74, 6) is 1.57. The first kappa shape index (κ1) is 17.5. The molecule has 1 aliphatic rings. The van der Waals surface area contributed by atoms with Crippen molar-refractivity contribution in [3.05, 3.63) is 59.1 Å². The Bertz CT molecular complexity index is 865. The fraction of sp³-hybridized carbons (Fsp3) is 0.316. The van der Waals surface area contributed by atoms with E-state index in [1.807, 2.05) is 54.4 Å². The molecular formula is C19H19BrN4OS. The van der Waals surface area contributed by atoms with Crippen LogP contribution in [0.2, 0.25) is 0 Å². The van der Waals surface area contributed by atoms with Gasteiger partial charge in [0.25, 0.3) is 0 Å². The highest BCUT2D eigenvalue weighted by atomic mass is 79.9. The van der Waals surface area contributed by atoms with Gasteiger partial charge >= 0.3 is 0 Å². The van der Waals surface area contributed by atoms with E-state index in [-0.39, 0.29) is 0 Å². The molecule has 0 radical (unpaired) electrons. The van der Waals surface area contributed by atoms with Crippen molar-refractivity contribution in [2.45, 2.75) is 42.7 Å². The summed E-state index contributed by atoms with van der Waals surface area (Å²) >= 11 is 5.28. The molecule has 134 valence electrons. The van der Waals surface area contributed by atoms with Crippen molar-refractivity contribution in [3.63, 3.8) is 0 Å². The van der Waals surface area contributed by atoms with E-state index in [2.05, 4.69) is 35.7 Å². The highest BCUT2D eigenvalue weighted by Crippen LogP contribution is 2.35. The van der Waals surface area contributed by atoms with E-state index in [1.54, 1.807) is 6.20 Å². The lowest BCUT2D eigenvalue weighted by Crippen LogP contribution is -2.08. The smallest absolute Gasteiger partial charge is 0.196 e. The van der Waals surface area contributed by atoms with E-state index in [0.29, 0.717) is 11.9 Å². The number of halogens is 1. The van der Waals surface area contributed by atoms with Gasteiger partial charge in [0.15, 0.2) is 11.0 Å². The summed E-state index contributed by atoms with van der Waals surface area (Å²) in [5.41, 5.74) is 0.964. The highest BCUT2D eigenvalue weighted by Gasteiger charge is 2.22. The van der Waals surface area contributed by atoms with Crippen LogP contribution in [0.25, 0.3) is 5.69 Å². The van der Waals surface area contributed by atoms with Crippen molar-refractivity contribution >= 4 is 27.7 Å². The molecule has 0 bridgehead atoms. The minimum Gasteiger partial charge on any atom is -0.486 e. The van der Waals surface area contributed by atoms with Crippen molar-refractivity contribution in [3.8, 4) is 11.4 Å². The van der Waals surface area contributed by atoms with E-state index in [9.17, 15) is 0 Å². The molecular weight excluding hydrogens is 412 g/mol. The first-order chi connectivity index (χ1) is 12.8. The van der Waals surface area contributed by atoms with Crippen LogP contribution in [0.1, 0.15) is 31.5 Å². The Morgan fingerprint density at radius 2 is 2.04 bits per heavy atom. The Labute approximate surface area is 165 Å². The average molecular weight is 431 g/mol. The number of rotatable bonds is 6. The summed E-state index contributed by atoms with van der Waals surface area (Å²) in [5, 5.41) is 10.4. The van der Waals surface area contributed by atoms with Gasteiger partial charge in [0.2, 0.25) is 0 Å². The molecule has 0 unspecified atom stereocenters. The van der Waals surface area contributed by atoms with Gasteiger partial charge in [-0.05, 0) is 43.2 Å². The van der Waals surface area contributed by atoms with Crippen LogP contribution < -0.4 is 4.74 Å². The van der Waals surface area contributed by atoms with Crippen molar-refractivity contribution in [1.29, 1.82) is 0 Å². The predicted molar refractivity (Wildman–Crippen MR) is 106 cm³/mol. The van der Waals surface area contributed by atoms with Gasteiger partial charge < -0.3 is 4.74 Å². The standard InChI is InChI=1S/C19H19BrN4OS/c20-14-5-3-7-16(11-14)25-13-18-22-23-19(26-17-8-1-2-9-17)24(18)15-6-4-10-21-12-15/h3-7,10-12,17H,1-2,8-9,13H2. The first-order valence-corrected chi connectivity index (χ1v) is 10.4. The number of thioether (sulfide) groups is 1. The molecule has 3 aromatic rings. The number of nitrogens with zero attached hydrogens (tertiary/aromatic N) is 4. The maximum Gasteiger partial charge on any atom is 0.196 e. The molecule has 1 aliphatic carbocycles. The van der Waals surface area contributed by atoms with Crippen LogP contribution in [0.15, 0.2) is 58.4 Å². The van der Waals surface area contributed by atoms with Crippen LogP contribution in [-0.4, -0.2) is 25.0 Å². The topological polar surface area (TPSA) is 52.8 Å². The van der Waals surface area contributed by atoms with Crippen molar-refractivity contribution in [2.24, 2.45) is 0 Å². The molecule has 0 saturated heterocycles. The maximum atomic E-state index is 5.94. The van der Waals surface area contributed by atoms with Gasteiger partial charge in [-0.3, -0.25) is 9.55 Å². The summed E-state index contributed by atoms with van der Waals surface area (Å²) in [6, 6.07) is 11.8. The Morgan fingerprint density at radius 3 is 2.81 bits per heavy atom. The normalized spacial score (nSPS) is 14.7. The minimum absolute atomic E-state index is 0.351. The maximum absolute atomic E-state index is 5.94. The van der Waals surface area contributed by atoms with Gasteiger partial charge in [0.1, 0.15) is 12.4 Å². The number of benzene rings is 1. The van der Waals surface area contributed by atoms with Gasteiger partial charge in [-0.1, -0.05) is 46.6 Å². The molecule has 0 atom stereocenters. The van der Waals surface area contributed by atoms with E-state index in [4.69, 9.17) is 4.74 Å². The second kappa shape index (κ2) is 8.22. The summed E-state index contributed by atoms with van der Waals surface area (Å²) in [6.45, 7) is 0.351. The molecule has 0 aliphatic heterocycles. The fourth-order valence-electron chi connectivity index (χ4n) is 3.08. The van der Waals surface area contributed by atoms with Crippen molar-refractivity contribution in [2.75, 3.05) is 0 Å². The molecule has 4 rings (SSSR count). The van der Waals surface area contributed by atoms with E-state index in [0.717, 1.165) is 26.9 Å². The number of ether oxygens (including phenoxy) is 1. The molecule has 7 heteroatoms.